The standard InChI is InChI=1S/C10H12N6O/c11-8-13-9(16-15-8)14-10(17)12-6-7-4-2-1-3-5-7/h1-5H,6H2,(H5,11,12,13,14,15,16,17). The van der Waals surface area contributed by atoms with Crippen LogP contribution in [0.25, 0.3) is 0 Å². The van der Waals surface area contributed by atoms with Crippen molar-refractivity contribution in [2.45, 2.75) is 6.54 Å². The maximum atomic E-state index is 11.4. The van der Waals surface area contributed by atoms with Crippen molar-refractivity contribution in [3.8, 4) is 0 Å². The normalized spacial score (nSPS) is 9.88. The van der Waals surface area contributed by atoms with Crippen molar-refractivity contribution in [1.29, 1.82) is 0 Å². The van der Waals surface area contributed by atoms with Gasteiger partial charge >= 0.3 is 6.03 Å². The predicted molar refractivity (Wildman–Crippen MR) is 63.1 cm³/mol. The van der Waals surface area contributed by atoms with Crippen LogP contribution in [-0.4, -0.2) is 21.2 Å². The molecular weight excluding hydrogens is 220 g/mol. The van der Waals surface area contributed by atoms with E-state index in [4.69, 9.17) is 5.73 Å². The zero-order valence-electron chi connectivity index (χ0n) is 8.97. The molecule has 1 heterocycles. The van der Waals surface area contributed by atoms with Crippen LogP contribution in [0.4, 0.5) is 16.7 Å². The molecule has 1 aromatic heterocycles. The number of hydrogen-bond donors (Lipinski definition) is 4. The Morgan fingerprint density at radius 3 is 2.71 bits per heavy atom. The van der Waals surface area contributed by atoms with Crippen molar-refractivity contribution >= 4 is 17.9 Å². The molecule has 1 aromatic carbocycles. The fourth-order valence-electron chi connectivity index (χ4n) is 1.26. The summed E-state index contributed by atoms with van der Waals surface area (Å²) in [6.07, 6.45) is 0. The summed E-state index contributed by atoms with van der Waals surface area (Å²) in [5.74, 6) is 0.372. The number of urea groups is 1. The van der Waals surface area contributed by atoms with Crippen molar-refractivity contribution in [3.63, 3.8) is 0 Å². The van der Waals surface area contributed by atoms with Gasteiger partial charge in [0.2, 0.25) is 11.9 Å². The van der Waals surface area contributed by atoms with Crippen LogP contribution in [0.5, 0.6) is 0 Å². The highest BCUT2D eigenvalue weighted by molar-refractivity contribution is 5.87. The highest BCUT2D eigenvalue weighted by Crippen LogP contribution is 2.00. The molecule has 0 saturated carbocycles. The average molecular weight is 232 g/mol. The minimum absolute atomic E-state index is 0.156. The Kier molecular flexibility index (Phi) is 3.20. The lowest BCUT2D eigenvalue weighted by Gasteiger charge is -2.04. The topological polar surface area (TPSA) is 109 Å². The first-order valence-electron chi connectivity index (χ1n) is 5.01. The Balaban J connectivity index is 1.82. The molecule has 0 unspecified atom stereocenters. The third-order valence-electron chi connectivity index (χ3n) is 2.03. The van der Waals surface area contributed by atoms with E-state index < -0.39 is 0 Å². The van der Waals surface area contributed by atoms with Gasteiger partial charge in [-0.2, -0.15) is 0 Å². The first kappa shape index (κ1) is 10.9. The van der Waals surface area contributed by atoms with Gasteiger partial charge in [-0.3, -0.25) is 10.3 Å². The number of nitrogens with one attached hydrogen (secondary N) is 3. The molecule has 0 radical (unpaired) electrons. The van der Waals surface area contributed by atoms with Crippen molar-refractivity contribution in [1.82, 2.24) is 20.5 Å². The van der Waals surface area contributed by atoms with E-state index in [0.717, 1.165) is 5.56 Å². The summed E-state index contributed by atoms with van der Waals surface area (Å²) in [5.41, 5.74) is 6.33. The van der Waals surface area contributed by atoms with Gasteiger partial charge in [0.25, 0.3) is 0 Å². The molecule has 5 N–H and O–H groups in total. The fraction of sp³-hybridized carbons (Fsp3) is 0.100. The van der Waals surface area contributed by atoms with Gasteiger partial charge in [0.1, 0.15) is 0 Å². The van der Waals surface area contributed by atoms with Gasteiger partial charge in [-0.25, -0.2) is 4.79 Å². The molecule has 2 rings (SSSR count). The minimum Gasteiger partial charge on any atom is -0.368 e. The number of anilines is 2. The summed E-state index contributed by atoms with van der Waals surface area (Å²) in [6.45, 7) is 0.441. The lowest BCUT2D eigenvalue weighted by molar-refractivity contribution is 0.251. The average Bonchev–Trinajstić information content (AvgIpc) is 2.73. The fourth-order valence-corrected chi connectivity index (χ4v) is 1.26. The monoisotopic (exact) mass is 232 g/mol. The first-order chi connectivity index (χ1) is 8.24. The van der Waals surface area contributed by atoms with Crippen LogP contribution in [0.1, 0.15) is 5.56 Å². The number of hydrogen-bond acceptors (Lipinski definition) is 4. The molecule has 0 aliphatic rings. The summed E-state index contributed by atoms with van der Waals surface area (Å²) in [5, 5.41) is 12.3. The van der Waals surface area contributed by atoms with E-state index >= 15 is 0 Å². The van der Waals surface area contributed by atoms with Crippen molar-refractivity contribution < 1.29 is 4.79 Å². The van der Waals surface area contributed by atoms with Gasteiger partial charge in [-0.1, -0.05) is 30.3 Å². The van der Waals surface area contributed by atoms with Crippen molar-refractivity contribution in [3.05, 3.63) is 35.9 Å². The van der Waals surface area contributed by atoms with E-state index in [1.165, 1.54) is 0 Å². The van der Waals surface area contributed by atoms with Crippen LogP contribution in [-0.2, 0) is 6.54 Å². The molecule has 0 spiro atoms. The Labute approximate surface area is 97.4 Å². The number of H-pyrrole nitrogens is 1. The Bertz CT molecular complexity index is 495. The van der Waals surface area contributed by atoms with Gasteiger partial charge in [0, 0.05) is 6.54 Å². The molecule has 88 valence electrons. The van der Waals surface area contributed by atoms with Crippen LogP contribution in [0.2, 0.25) is 0 Å². The lowest BCUT2D eigenvalue weighted by Crippen LogP contribution is -2.28. The van der Waals surface area contributed by atoms with E-state index in [2.05, 4.69) is 25.8 Å². The third-order valence-corrected chi connectivity index (χ3v) is 2.03. The second-order valence-corrected chi connectivity index (χ2v) is 3.35. The maximum absolute atomic E-state index is 11.4. The number of carbonyl (C=O) groups excluding carboxylic acids is 1. The van der Waals surface area contributed by atoms with E-state index in [9.17, 15) is 4.79 Å². The molecule has 0 saturated heterocycles. The van der Waals surface area contributed by atoms with E-state index in [-0.39, 0.29) is 17.9 Å². The number of carbonyl (C=O) groups is 1. The predicted octanol–water partition coefficient (Wildman–Crippen LogP) is 0.709. The zero-order valence-corrected chi connectivity index (χ0v) is 8.97. The molecule has 2 amide bonds. The second-order valence-electron chi connectivity index (χ2n) is 3.35. The molecule has 0 bridgehead atoms. The number of amides is 2. The number of aromatic amines is 1. The Hall–Kier alpha value is -2.57. The van der Waals surface area contributed by atoms with Gasteiger partial charge in [-0.05, 0) is 5.56 Å². The second kappa shape index (κ2) is 4.97. The molecule has 7 heteroatoms. The molecule has 0 fully saturated rings. The van der Waals surface area contributed by atoms with Gasteiger partial charge in [0.15, 0.2) is 0 Å². The summed E-state index contributed by atoms with van der Waals surface area (Å²) in [4.78, 5) is 14.0. The largest absolute Gasteiger partial charge is 0.368 e. The molecule has 0 aliphatic heterocycles. The van der Waals surface area contributed by atoms with Gasteiger partial charge in [-0.15, -0.1) is 10.2 Å². The van der Waals surface area contributed by atoms with E-state index in [1.54, 1.807) is 0 Å². The highest BCUT2D eigenvalue weighted by atomic mass is 16.2. The van der Waals surface area contributed by atoms with Gasteiger partial charge in [0.05, 0.1) is 0 Å². The molecule has 7 nitrogen and oxygen atoms in total. The molecule has 17 heavy (non-hydrogen) atoms. The van der Waals surface area contributed by atoms with Crippen molar-refractivity contribution in [2.75, 3.05) is 11.1 Å². The van der Waals surface area contributed by atoms with Crippen LogP contribution in [0.3, 0.4) is 0 Å². The summed E-state index contributed by atoms with van der Waals surface area (Å²) < 4.78 is 0. The van der Waals surface area contributed by atoms with E-state index in [1.807, 2.05) is 30.3 Å². The zero-order chi connectivity index (χ0) is 12.1. The highest BCUT2D eigenvalue weighted by Gasteiger charge is 2.04. The number of aromatic nitrogens is 3. The van der Waals surface area contributed by atoms with Crippen LogP contribution in [0.15, 0.2) is 30.3 Å². The Morgan fingerprint density at radius 1 is 1.29 bits per heavy atom. The SMILES string of the molecule is Nc1nnc(NC(=O)NCc2ccccc2)[nH]1. The molecule has 0 atom stereocenters. The van der Waals surface area contributed by atoms with Crippen LogP contribution < -0.4 is 16.4 Å². The smallest absolute Gasteiger partial charge is 0.321 e. The minimum atomic E-state index is -0.370. The quantitative estimate of drug-likeness (QED) is 0.624. The number of nitrogens with zero attached hydrogens (tertiary/aromatic N) is 2. The first-order valence-corrected chi connectivity index (χ1v) is 5.01. The summed E-state index contributed by atoms with van der Waals surface area (Å²) in [6, 6.07) is 9.21. The molecular formula is C10H12N6O. The summed E-state index contributed by atoms with van der Waals surface area (Å²) in [7, 11) is 0. The van der Waals surface area contributed by atoms with Crippen LogP contribution >= 0.6 is 0 Å². The van der Waals surface area contributed by atoms with Crippen LogP contribution in [0, 0.1) is 0 Å². The number of rotatable bonds is 3. The number of nitrogen functional groups attached to an aromatic ring is 1. The van der Waals surface area contributed by atoms with Crippen molar-refractivity contribution in [2.24, 2.45) is 0 Å². The summed E-state index contributed by atoms with van der Waals surface area (Å²) >= 11 is 0. The lowest BCUT2D eigenvalue weighted by atomic mass is 10.2. The molecule has 2 aromatic rings. The number of benzene rings is 1. The third kappa shape index (κ3) is 3.20. The number of nitrogens with two attached hydrogens (primary N) is 1. The molecule has 0 aliphatic carbocycles. The maximum Gasteiger partial charge on any atom is 0.321 e. The van der Waals surface area contributed by atoms with E-state index in [0.29, 0.717) is 6.54 Å². The van der Waals surface area contributed by atoms with Gasteiger partial charge < -0.3 is 11.1 Å². The Morgan fingerprint density at radius 2 is 2.06 bits per heavy atom.